The van der Waals surface area contributed by atoms with Crippen molar-refractivity contribution in [3.8, 4) is 0 Å². The first-order valence-corrected chi connectivity index (χ1v) is 14.6. The Labute approximate surface area is 203 Å². The van der Waals surface area contributed by atoms with Crippen LogP contribution in [-0.2, 0) is 27.9 Å². The standard InChI is InChI=1S/C25H39O6PS/c1-6-29-25(27)22(32(28,30-7-2)31-8-3)23(18(4)5)33-24(20-16-10-9-11-17-20)21(26)19-14-12-13-15-19/h9-11,16-19,22-24H,6-8,12-15H2,1-5H3. The Morgan fingerprint density at radius 3 is 2.06 bits per heavy atom. The average molecular weight is 499 g/mol. The fraction of sp³-hybridized carbons (Fsp3) is 0.680. The summed E-state index contributed by atoms with van der Waals surface area (Å²) in [6.07, 6.45) is 3.91. The smallest absolute Gasteiger partial charge is 0.346 e. The van der Waals surface area contributed by atoms with Crippen LogP contribution in [0.5, 0.6) is 0 Å². The van der Waals surface area contributed by atoms with Crippen molar-refractivity contribution in [3.05, 3.63) is 35.9 Å². The maximum Gasteiger partial charge on any atom is 0.346 e. The Morgan fingerprint density at radius 2 is 1.58 bits per heavy atom. The summed E-state index contributed by atoms with van der Waals surface area (Å²) in [5, 5.41) is -0.959. The maximum absolute atomic E-state index is 13.9. The highest BCUT2D eigenvalue weighted by Crippen LogP contribution is 2.59. The van der Waals surface area contributed by atoms with Gasteiger partial charge in [-0.05, 0) is 45.1 Å². The van der Waals surface area contributed by atoms with Crippen molar-refractivity contribution < 1.29 is 27.9 Å². The fourth-order valence-corrected chi connectivity index (χ4v) is 8.68. The molecule has 0 bridgehead atoms. The first kappa shape index (κ1) is 28.1. The Balaban J connectivity index is 2.51. The molecule has 0 aliphatic heterocycles. The lowest BCUT2D eigenvalue weighted by Gasteiger charge is -2.35. The summed E-state index contributed by atoms with van der Waals surface area (Å²) in [7, 11) is -3.84. The normalized spacial score (nSPS) is 17.6. The van der Waals surface area contributed by atoms with Crippen molar-refractivity contribution in [1.29, 1.82) is 0 Å². The van der Waals surface area contributed by atoms with Crippen molar-refractivity contribution in [2.24, 2.45) is 11.8 Å². The summed E-state index contributed by atoms with van der Waals surface area (Å²) in [6.45, 7) is 9.55. The fourth-order valence-electron chi connectivity index (χ4n) is 4.34. The number of benzene rings is 1. The van der Waals surface area contributed by atoms with Gasteiger partial charge >= 0.3 is 13.6 Å². The summed E-state index contributed by atoms with van der Waals surface area (Å²) < 4.78 is 30.5. The number of ether oxygens (including phenoxy) is 1. The molecule has 0 radical (unpaired) electrons. The molecule has 33 heavy (non-hydrogen) atoms. The zero-order valence-electron chi connectivity index (χ0n) is 20.5. The zero-order chi connectivity index (χ0) is 24.4. The monoisotopic (exact) mass is 498 g/mol. The van der Waals surface area contributed by atoms with Crippen LogP contribution in [0.3, 0.4) is 0 Å². The minimum absolute atomic E-state index is 0.0159. The zero-order valence-corrected chi connectivity index (χ0v) is 22.2. The van der Waals surface area contributed by atoms with Gasteiger partial charge in [-0.2, -0.15) is 0 Å². The molecule has 1 aliphatic rings. The Hall–Kier alpha value is -1.14. The highest BCUT2D eigenvalue weighted by atomic mass is 32.2. The third-order valence-corrected chi connectivity index (χ3v) is 10.4. The van der Waals surface area contributed by atoms with Crippen molar-refractivity contribution >= 4 is 31.1 Å². The molecule has 1 fully saturated rings. The molecule has 1 aromatic carbocycles. The van der Waals surface area contributed by atoms with E-state index in [1.165, 1.54) is 11.8 Å². The molecule has 1 aliphatic carbocycles. The van der Waals surface area contributed by atoms with Gasteiger partial charge in [0.25, 0.3) is 0 Å². The number of Topliss-reactive ketones (excluding diaryl/α,β-unsaturated/α-hetero) is 1. The number of hydrogen-bond donors (Lipinski definition) is 0. The Morgan fingerprint density at radius 1 is 1.00 bits per heavy atom. The molecular formula is C25H39O6PS. The van der Waals surface area contributed by atoms with E-state index in [1.54, 1.807) is 20.8 Å². The molecule has 0 amide bonds. The van der Waals surface area contributed by atoms with Gasteiger partial charge in [0.05, 0.1) is 25.1 Å². The largest absolute Gasteiger partial charge is 0.465 e. The van der Waals surface area contributed by atoms with Crippen molar-refractivity contribution in [2.75, 3.05) is 19.8 Å². The minimum Gasteiger partial charge on any atom is -0.465 e. The predicted molar refractivity (Wildman–Crippen MR) is 134 cm³/mol. The van der Waals surface area contributed by atoms with Crippen LogP contribution in [0.4, 0.5) is 0 Å². The minimum atomic E-state index is -3.84. The van der Waals surface area contributed by atoms with Gasteiger partial charge in [-0.1, -0.05) is 57.0 Å². The van der Waals surface area contributed by atoms with Crippen LogP contribution in [0.25, 0.3) is 0 Å². The first-order chi connectivity index (χ1) is 15.8. The van der Waals surface area contributed by atoms with Gasteiger partial charge in [0.15, 0.2) is 11.4 Å². The van der Waals surface area contributed by atoms with Gasteiger partial charge in [0, 0.05) is 11.2 Å². The second-order valence-electron chi connectivity index (χ2n) is 8.59. The van der Waals surface area contributed by atoms with Gasteiger partial charge in [-0.15, -0.1) is 11.8 Å². The van der Waals surface area contributed by atoms with E-state index in [9.17, 15) is 14.2 Å². The molecular weight excluding hydrogens is 459 g/mol. The van der Waals surface area contributed by atoms with Gasteiger partial charge in [0.2, 0.25) is 0 Å². The summed E-state index contributed by atoms with van der Waals surface area (Å²) in [6, 6.07) is 9.66. The van der Waals surface area contributed by atoms with E-state index in [2.05, 4.69) is 0 Å². The van der Waals surface area contributed by atoms with E-state index >= 15 is 0 Å². The first-order valence-electron chi connectivity index (χ1n) is 12.1. The number of hydrogen-bond acceptors (Lipinski definition) is 7. The lowest BCUT2D eigenvalue weighted by atomic mass is 9.96. The van der Waals surface area contributed by atoms with Gasteiger partial charge in [0.1, 0.15) is 0 Å². The van der Waals surface area contributed by atoms with Crippen LogP contribution >= 0.6 is 19.4 Å². The molecule has 3 unspecified atom stereocenters. The molecule has 186 valence electrons. The molecule has 0 N–H and O–H groups in total. The predicted octanol–water partition coefficient (Wildman–Crippen LogP) is 6.44. The number of ketones is 1. The van der Waals surface area contributed by atoms with Crippen LogP contribution in [0, 0.1) is 11.8 Å². The molecule has 6 nitrogen and oxygen atoms in total. The maximum atomic E-state index is 13.9. The third-order valence-electron chi connectivity index (χ3n) is 5.87. The van der Waals surface area contributed by atoms with Crippen LogP contribution in [-0.4, -0.2) is 42.5 Å². The molecule has 1 saturated carbocycles. The number of carbonyl (C=O) groups excluding carboxylic acids is 2. The SMILES string of the molecule is CCOC(=O)C(C(SC(C(=O)C1CCCC1)c1ccccc1)C(C)C)P(=O)(OCC)OCC. The third kappa shape index (κ3) is 7.42. The van der Waals surface area contributed by atoms with Crippen LogP contribution in [0.2, 0.25) is 0 Å². The van der Waals surface area contributed by atoms with Crippen molar-refractivity contribution in [1.82, 2.24) is 0 Å². The molecule has 0 heterocycles. The number of esters is 1. The highest BCUT2D eigenvalue weighted by molar-refractivity contribution is 8.01. The molecule has 0 saturated heterocycles. The molecule has 3 atom stereocenters. The van der Waals surface area contributed by atoms with Crippen molar-refractivity contribution in [3.63, 3.8) is 0 Å². The number of rotatable bonds is 14. The molecule has 0 spiro atoms. The van der Waals surface area contributed by atoms with E-state index in [1.807, 2.05) is 44.2 Å². The summed E-state index contributed by atoms with van der Waals surface area (Å²) >= 11 is 1.40. The lowest BCUT2D eigenvalue weighted by molar-refractivity contribution is -0.143. The number of carbonyl (C=O) groups is 2. The van der Waals surface area contributed by atoms with Gasteiger partial charge < -0.3 is 13.8 Å². The van der Waals surface area contributed by atoms with Gasteiger partial charge in [-0.3, -0.25) is 14.2 Å². The Kier molecular flexibility index (Phi) is 11.6. The summed E-state index contributed by atoms with van der Waals surface area (Å²) in [4.78, 5) is 26.8. The van der Waals surface area contributed by atoms with Gasteiger partial charge in [-0.25, -0.2) is 0 Å². The van der Waals surface area contributed by atoms with E-state index in [-0.39, 0.29) is 37.4 Å². The van der Waals surface area contributed by atoms with E-state index in [0.29, 0.717) is 0 Å². The van der Waals surface area contributed by atoms with Crippen molar-refractivity contribution in [2.45, 2.75) is 76.5 Å². The molecule has 1 aromatic rings. The second kappa shape index (κ2) is 13.7. The van der Waals surface area contributed by atoms with E-state index < -0.39 is 29.7 Å². The lowest BCUT2D eigenvalue weighted by Crippen LogP contribution is -2.39. The quantitative estimate of drug-likeness (QED) is 0.216. The topological polar surface area (TPSA) is 78.9 Å². The second-order valence-corrected chi connectivity index (χ2v) is 12.0. The Bertz CT molecular complexity index is 783. The van der Waals surface area contributed by atoms with E-state index in [0.717, 1.165) is 31.2 Å². The van der Waals surface area contributed by atoms with E-state index in [4.69, 9.17) is 13.8 Å². The molecule has 0 aromatic heterocycles. The average Bonchev–Trinajstić information content (AvgIpc) is 3.32. The van der Waals surface area contributed by atoms with Crippen LogP contribution in [0.1, 0.15) is 71.1 Å². The summed E-state index contributed by atoms with van der Waals surface area (Å²) in [5.74, 6) is -0.489. The molecule has 2 rings (SSSR count). The highest BCUT2D eigenvalue weighted by Gasteiger charge is 2.50. The van der Waals surface area contributed by atoms with Crippen LogP contribution < -0.4 is 0 Å². The summed E-state index contributed by atoms with van der Waals surface area (Å²) in [5.41, 5.74) is -0.222. The number of thioether (sulfide) groups is 1. The van der Waals surface area contributed by atoms with Crippen LogP contribution in [0.15, 0.2) is 30.3 Å². The molecule has 8 heteroatoms.